The molecule has 5 fully saturated rings. The standard InChI is InChI=1S/C22H29BrO4/c23-19-14-18-8-11-22(19,26-15-16-4-2-1-3-5-16)27-20(18)17-6-9-21(10-7-17)24-12-13-25-21/h1-5,17-20H,6-15H2. The number of hydrogen-bond donors (Lipinski definition) is 0. The van der Waals surface area contributed by atoms with Gasteiger partial charge in [-0.05, 0) is 43.1 Å². The minimum absolute atomic E-state index is 0.278. The van der Waals surface area contributed by atoms with Gasteiger partial charge in [-0.1, -0.05) is 46.3 Å². The predicted molar refractivity (Wildman–Crippen MR) is 105 cm³/mol. The molecular formula is C22H29BrO4. The minimum atomic E-state index is -0.481. The van der Waals surface area contributed by atoms with Gasteiger partial charge in [0, 0.05) is 19.3 Å². The molecule has 5 aliphatic rings. The van der Waals surface area contributed by atoms with Crippen LogP contribution >= 0.6 is 15.9 Å². The Morgan fingerprint density at radius 3 is 2.37 bits per heavy atom. The van der Waals surface area contributed by atoms with E-state index in [1.54, 1.807) is 0 Å². The van der Waals surface area contributed by atoms with Crippen LogP contribution in [0.25, 0.3) is 0 Å². The van der Waals surface area contributed by atoms with Crippen LogP contribution in [0.15, 0.2) is 30.3 Å². The number of ether oxygens (including phenoxy) is 4. The molecule has 3 aliphatic heterocycles. The first-order valence-corrected chi connectivity index (χ1v) is 11.4. The summed E-state index contributed by atoms with van der Waals surface area (Å²) in [6.45, 7) is 2.10. The van der Waals surface area contributed by atoms with E-state index in [4.69, 9.17) is 18.9 Å². The zero-order chi connectivity index (χ0) is 18.3. The molecule has 0 N–H and O–H groups in total. The van der Waals surface area contributed by atoms with Crippen LogP contribution in [-0.4, -0.2) is 35.7 Å². The first-order chi connectivity index (χ1) is 13.2. The van der Waals surface area contributed by atoms with Crippen molar-refractivity contribution in [2.45, 2.75) is 74.1 Å². The van der Waals surface area contributed by atoms with E-state index in [1.165, 1.54) is 12.0 Å². The van der Waals surface area contributed by atoms with E-state index in [2.05, 4.69) is 40.2 Å². The third kappa shape index (κ3) is 3.51. The molecule has 4 nitrogen and oxygen atoms in total. The van der Waals surface area contributed by atoms with E-state index >= 15 is 0 Å². The molecule has 5 heteroatoms. The van der Waals surface area contributed by atoms with Crippen molar-refractivity contribution in [2.24, 2.45) is 11.8 Å². The summed E-state index contributed by atoms with van der Waals surface area (Å²) in [5.41, 5.74) is 1.20. The lowest BCUT2D eigenvalue weighted by Crippen LogP contribution is -2.60. The Kier molecular flexibility index (Phi) is 5.10. The monoisotopic (exact) mass is 436 g/mol. The highest BCUT2D eigenvalue weighted by Gasteiger charge is 2.56. The molecule has 2 saturated carbocycles. The highest BCUT2D eigenvalue weighted by molar-refractivity contribution is 9.09. The van der Waals surface area contributed by atoms with Gasteiger partial charge in [-0.2, -0.15) is 0 Å². The molecule has 3 heterocycles. The molecule has 4 unspecified atom stereocenters. The molecule has 4 atom stereocenters. The van der Waals surface area contributed by atoms with Gasteiger partial charge in [0.1, 0.15) is 0 Å². The molecule has 27 heavy (non-hydrogen) atoms. The summed E-state index contributed by atoms with van der Waals surface area (Å²) in [6, 6.07) is 10.4. The van der Waals surface area contributed by atoms with Gasteiger partial charge >= 0.3 is 0 Å². The third-order valence-corrected chi connectivity index (χ3v) is 8.12. The third-order valence-electron chi connectivity index (χ3n) is 7.05. The lowest BCUT2D eigenvalue weighted by molar-refractivity contribution is -0.331. The van der Waals surface area contributed by atoms with Crippen LogP contribution in [0.2, 0.25) is 0 Å². The number of benzene rings is 1. The topological polar surface area (TPSA) is 36.9 Å². The molecular weight excluding hydrogens is 408 g/mol. The second-order valence-electron chi connectivity index (χ2n) is 8.62. The smallest absolute Gasteiger partial charge is 0.181 e. The Balaban J connectivity index is 1.26. The number of alkyl halides is 1. The second-order valence-corrected chi connectivity index (χ2v) is 9.72. The summed E-state index contributed by atoms with van der Waals surface area (Å²) in [7, 11) is 0. The van der Waals surface area contributed by atoms with E-state index in [0.29, 0.717) is 24.5 Å². The fraction of sp³-hybridized carbons (Fsp3) is 0.727. The Bertz CT molecular complexity index is 637. The maximum absolute atomic E-state index is 6.75. The summed E-state index contributed by atoms with van der Waals surface area (Å²) < 4.78 is 25.0. The van der Waals surface area contributed by atoms with Crippen molar-refractivity contribution >= 4 is 15.9 Å². The molecule has 0 radical (unpaired) electrons. The minimum Gasteiger partial charge on any atom is -0.348 e. The SMILES string of the molecule is BrC1CC2CCC1(OCc1ccccc1)OC2C1CCC2(CC1)OCCO2. The van der Waals surface area contributed by atoms with Gasteiger partial charge in [0.05, 0.1) is 30.8 Å². The fourth-order valence-electron chi connectivity index (χ4n) is 5.52. The molecule has 2 aliphatic carbocycles. The summed E-state index contributed by atoms with van der Waals surface area (Å²) in [5.74, 6) is 0.462. The Morgan fingerprint density at radius 1 is 0.963 bits per heavy atom. The first kappa shape index (κ1) is 18.6. The summed E-state index contributed by atoms with van der Waals surface area (Å²) in [4.78, 5) is 0.278. The van der Waals surface area contributed by atoms with Gasteiger partial charge in [-0.25, -0.2) is 0 Å². The van der Waals surface area contributed by atoms with Crippen molar-refractivity contribution in [3.8, 4) is 0 Å². The largest absolute Gasteiger partial charge is 0.348 e. The van der Waals surface area contributed by atoms with Gasteiger partial charge < -0.3 is 18.9 Å². The van der Waals surface area contributed by atoms with Gasteiger partial charge in [0.25, 0.3) is 0 Å². The molecule has 3 saturated heterocycles. The first-order valence-electron chi connectivity index (χ1n) is 10.5. The van der Waals surface area contributed by atoms with Crippen molar-refractivity contribution in [3.63, 3.8) is 0 Å². The van der Waals surface area contributed by atoms with Gasteiger partial charge in [-0.3, -0.25) is 0 Å². The molecule has 0 amide bonds. The Labute approximate surface area is 170 Å². The summed E-state index contributed by atoms with van der Waals surface area (Å²) in [5, 5.41) is 0. The van der Waals surface area contributed by atoms with Gasteiger partial charge in [0.15, 0.2) is 11.6 Å². The van der Waals surface area contributed by atoms with Crippen LogP contribution in [0.4, 0.5) is 0 Å². The van der Waals surface area contributed by atoms with Crippen molar-refractivity contribution in [2.75, 3.05) is 13.2 Å². The van der Waals surface area contributed by atoms with Crippen LogP contribution in [0.3, 0.4) is 0 Å². The molecule has 1 aromatic rings. The normalized spacial score (nSPS) is 38.5. The van der Waals surface area contributed by atoms with Gasteiger partial charge in [0.2, 0.25) is 0 Å². The van der Waals surface area contributed by atoms with Crippen LogP contribution in [0, 0.1) is 11.8 Å². The quantitative estimate of drug-likeness (QED) is 0.635. The zero-order valence-corrected chi connectivity index (χ0v) is 17.4. The van der Waals surface area contributed by atoms with Crippen LogP contribution in [-0.2, 0) is 25.6 Å². The summed E-state index contributed by atoms with van der Waals surface area (Å²) in [6.07, 6.45) is 7.90. The number of hydrogen-bond acceptors (Lipinski definition) is 4. The number of fused-ring (bicyclic) bond motifs is 3. The molecule has 148 valence electrons. The van der Waals surface area contributed by atoms with Crippen molar-refractivity contribution in [1.29, 1.82) is 0 Å². The average Bonchev–Trinajstić information content (AvgIpc) is 3.17. The lowest BCUT2D eigenvalue weighted by Gasteiger charge is -2.55. The maximum atomic E-state index is 6.75. The van der Waals surface area contributed by atoms with Crippen LogP contribution < -0.4 is 0 Å². The highest BCUT2D eigenvalue weighted by Crippen LogP contribution is 2.53. The number of rotatable bonds is 4. The molecule has 1 spiro atoms. The molecule has 1 aromatic carbocycles. The molecule has 6 rings (SSSR count). The predicted octanol–water partition coefficient (Wildman–Crippen LogP) is 4.80. The van der Waals surface area contributed by atoms with E-state index in [0.717, 1.165) is 51.7 Å². The van der Waals surface area contributed by atoms with Crippen LogP contribution in [0.5, 0.6) is 0 Å². The van der Waals surface area contributed by atoms with E-state index in [-0.39, 0.29) is 10.6 Å². The Hall–Kier alpha value is -0.460. The molecule has 0 aromatic heterocycles. The maximum Gasteiger partial charge on any atom is 0.181 e. The van der Waals surface area contributed by atoms with Crippen molar-refractivity contribution < 1.29 is 18.9 Å². The van der Waals surface area contributed by atoms with E-state index < -0.39 is 5.79 Å². The molecule has 2 bridgehead atoms. The van der Waals surface area contributed by atoms with E-state index in [1.807, 2.05) is 6.07 Å². The lowest BCUT2D eigenvalue weighted by atomic mass is 9.70. The highest BCUT2D eigenvalue weighted by atomic mass is 79.9. The summed E-state index contributed by atoms with van der Waals surface area (Å²) >= 11 is 3.89. The van der Waals surface area contributed by atoms with E-state index in [9.17, 15) is 0 Å². The zero-order valence-electron chi connectivity index (χ0n) is 15.8. The second kappa shape index (κ2) is 7.42. The van der Waals surface area contributed by atoms with Crippen molar-refractivity contribution in [1.82, 2.24) is 0 Å². The van der Waals surface area contributed by atoms with Gasteiger partial charge in [-0.15, -0.1) is 0 Å². The van der Waals surface area contributed by atoms with Crippen LogP contribution in [0.1, 0.15) is 50.5 Å². The van der Waals surface area contributed by atoms with Crippen molar-refractivity contribution in [3.05, 3.63) is 35.9 Å². The number of halogens is 1. The fourth-order valence-corrected chi connectivity index (χ4v) is 6.46. The Morgan fingerprint density at radius 2 is 1.67 bits per heavy atom. The average molecular weight is 437 g/mol.